The van der Waals surface area contributed by atoms with Crippen molar-refractivity contribution in [3.05, 3.63) is 46.4 Å². The average molecular weight is 298 g/mol. The molecule has 5 heteroatoms. The maximum atomic E-state index is 13.6. The quantitative estimate of drug-likeness (QED) is 0.940. The van der Waals surface area contributed by atoms with Gasteiger partial charge in [0, 0.05) is 17.2 Å². The maximum Gasteiger partial charge on any atom is 0.148 e. The fraction of sp³-hybridized carbons (Fsp3) is 0.250. The Kier molecular flexibility index (Phi) is 3.91. The first-order valence-electron chi connectivity index (χ1n) is 5.41. The van der Waals surface area contributed by atoms with E-state index in [1.165, 1.54) is 6.07 Å². The molecular weight excluding hydrogens is 285 g/mol. The van der Waals surface area contributed by atoms with Gasteiger partial charge in [0.1, 0.15) is 11.5 Å². The van der Waals surface area contributed by atoms with Gasteiger partial charge in [0.15, 0.2) is 0 Å². The molecule has 1 N–H and O–H groups in total. The highest BCUT2D eigenvalue weighted by Gasteiger charge is 2.06. The summed E-state index contributed by atoms with van der Waals surface area (Å²) < 4.78 is 16.0. The zero-order chi connectivity index (χ0) is 12.3. The van der Waals surface area contributed by atoms with Crippen LogP contribution in [0.4, 0.5) is 4.39 Å². The number of halogens is 2. The van der Waals surface area contributed by atoms with Gasteiger partial charge in [-0.2, -0.15) is 5.10 Å². The third-order valence-corrected chi connectivity index (χ3v) is 2.85. The van der Waals surface area contributed by atoms with E-state index in [1.807, 2.05) is 13.0 Å². The molecule has 3 nitrogen and oxygen atoms in total. The monoisotopic (exact) mass is 297 g/mol. The van der Waals surface area contributed by atoms with Crippen molar-refractivity contribution in [2.75, 3.05) is 6.54 Å². The predicted molar refractivity (Wildman–Crippen MR) is 68.6 cm³/mol. The van der Waals surface area contributed by atoms with Crippen LogP contribution in [0, 0.1) is 5.82 Å². The van der Waals surface area contributed by atoms with E-state index in [-0.39, 0.29) is 5.82 Å². The Balaban J connectivity index is 2.27. The number of hydrogen-bond donors (Lipinski definition) is 1. The first-order chi connectivity index (χ1) is 8.20. The van der Waals surface area contributed by atoms with Crippen molar-refractivity contribution in [2.45, 2.75) is 13.5 Å². The van der Waals surface area contributed by atoms with Crippen LogP contribution in [-0.4, -0.2) is 16.3 Å². The molecule has 0 bridgehead atoms. The van der Waals surface area contributed by atoms with Crippen LogP contribution >= 0.6 is 15.9 Å². The number of rotatable bonds is 4. The zero-order valence-corrected chi connectivity index (χ0v) is 11.0. The smallest absolute Gasteiger partial charge is 0.148 e. The molecule has 2 rings (SSSR count). The van der Waals surface area contributed by atoms with Gasteiger partial charge in [0.25, 0.3) is 0 Å². The Morgan fingerprint density at radius 2 is 2.24 bits per heavy atom. The summed E-state index contributed by atoms with van der Waals surface area (Å²) in [5.41, 5.74) is 1.34. The van der Waals surface area contributed by atoms with E-state index in [0.29, 0.717) is 12.2 Å². The minimum Gasteiger partial charge on any atom is -0.311 e. The van der Waals surface area contributed by atoms with Gasteiger partial charge in [-0.25, -0.2) is 9.07 Å². The predicted octanol–water partition coefficient (Wildman–Crippen LogP) is 2.88. The van der Waals surface area contributed by atoms with E-state index in [1.54, 1.807) is 23.0 Å². The Morgan fingerprint density at radius 1 is 1.41 bits per heavy atom. The molecule has 0 aliphatic carbocycles. The molecule has 17 heavy (non-hydrogen) atoms. The van der Waals surface area contributed by atoms with E-state index in [4.69, 9.17) is 0 Å². The summed E-state index contributed by atoms with van der Waals surface area (Å²) in [5.74, 6) is -0.286. The molecule has 1 heterocycles. The van der Waals surface area contributed by atoms with Crippen LogP contribution in [-0.2, 0) is 6.54 Å². The minimum absolute atomic E-state index is 0.286. The summed E-state index contributed by atoms with van der Waals surface area (Å²) in [4.78, 5) is 0. The van der Waals surface area contributed by atoms with E-state index in [9.17, 15) is 4.39 Å². The van der Waals surface area contributed by atoms with Crippen molar-refractivity contribution < 1.29 is 4.39 Å². The van der Waals surface area contributed by atoms with Gasteiger partial charge in [0.2, 0.25) is 0 Å². The molecule has 0 amide bonds. The van der Waals surface area contributed by atoms with E-state index < -0.39 is 0 Å². The molecule has 0 fully saturated rings. The second-order valence-electron chi connectivity index (χ2n) is 3.63. The van der Waals surface area contributed by atoms with Crippen LogP contribution in [0.25, 0.3) is 5.69 Å². The largest absolute Gasteiger partial charge is 0.311 e. The Bertz CT molecular complexity index is 510. The molecule has 2 aromatic rings. The molecule has 0 radical (unpaired) electrons. The highest BCUT2D eigenvalue weighted by Crippen LogP contribution is 2.18. The molecule has 0 aliphatic rings. The molecule has 0 unspecified atom stereocenters. The van der Waals surface area contributed by atoms with Gasteiger partial charge >= 0.3 is 0 Å². The standard InChI is InChI=1S/C12H13BrFN3/c1-2-15-8-10-5-6-17(16-10)12-7-9(13)3-4-11(12)14/h3-7,15H,2,8H2,1H3. The summed E-state index contributed by atoms with van der Waals surface area (Å²) >= 11 is 3.32. The van der Waals surface area contributed by atoms with Gasteiger partial charge in [-0.1, -0.05) is 22.9 Å². The average Bonchev–Trinajstić information content (AvgIpc) is 2.78. The lowest BCUT2D eigenvalue weighted by Crippen LogP contribution is -2.12. The lowest BCUT2D eigenvalue weighted by molar-refractivity contribution is 0.607. The summed E-state index contributed by atoms with van der Waals surface area (Å²) in [6, 6.07) is 6.68. The number of nitrogens with one attached hydrogen (secondary N) is 1. The molecule has 0 aliphatic heterocycles. The summed E-state index contributed by atoms with van der Waals surface area (Å²) in [5, 5.41) is 7.49. The third-order valence-electron chi connectivity index (χ3n) is 2.36. The highest BCUT2D eigenvalue weighted by molar-refractivity contribution is 9.10. The van der Waals surface area contributed by atoms with Crippen molar-refractivity contribution in [2.24, 2.45) is 0 Å². The first kappa shape index (κ1) is 12.3. The molecule has 0 spiro atoms. The van der Waals surface area contributed by atoms with Crippen molar-refractivity contribution >= 4 is 15.9 Å². The molecule has 0 saturated carbocycles. The topological polar surface area (TPSA) is 29.9 Å². The Morgan fingerprint density at radius 3 is 3.00 bits per heavy atom. The van der Waals surface area contributed by atoms with Crippen LogP contribution in [0.15, 0.2) is 34.9 Å². The first-order valence-corrected chi connectivity index (χ1v) is 6.20. The molecular formula is C12H13BrFN3. The van der Waals surface area contributed by atoms with E-state index in [2.05, 4.69) is 26.3 Å². The maximum absolute atomic E-state index is 13.6. The molecule has 0 saturated heterocycles. The minimum atomic E-state index is -0.286. The second-order valence-corrected chi connectivity index (χ2v) is 4.54. The van der Waals surface area contributed by atoms with Gasteiger partial charge in [-0.15, -0.1) is 0 Å². The van der Waals surface area contributed by atoms with Gasteiger partial charge in [-0.3, -0.25) is 0 Å². The normalized spacial score (nSPS) is 10.8. The summed E-state index contributed by atoms with van der Waals surface area (Å²) in [6.45, 7) is 3.61. The number of hydrogen-bond acceptors (Lipinski definition) is 2. The SMILES string of the molecule is CCNCc1ccn(-c2cc(Br)ccc2F)n1. The number of aromatic nitrogens is 2. The molecule has 90 valence electrons. The van der Waals surface area contributed by atoms with E-state index in [0.717, 1.165) is 16.7 Å². The van der Waals surface area contributed by atoms with Crippen LogP contribution in [0.3, 0.4) is 0 Å². The third kappa shape index (κ3) is 2.92. The number of nitrogens with zero attached hydrogens (tertiary/aromatic N) is 2. The Labute approximate surface area is 108 Å². The van der Waals surface area contributed by atoms with Crippen LogP contribution in [0.5, 0.6) is 0 Å². The molecule has 0 atom stereocenters. The second kappa shape index (κ2) is 5.42. The number of benzene rings is 1. The van der Waals surface area contributed by atoms with E-state index >= 15 is 0 Å². The van der Waals surface area contributed by atoms with Crippen LogP contribution in [0.1, 0.15) is 12.6 Å². The zero-order valence-electron chi connectivity index (χ0n) is 9.45. The summed E-state index contributed by atoms with van der Waals surface area (Å²) in [6.07, 6.45) is 1.76. The molecule has 1 aromatic carbocycles. The van der Waals surface area contributed by atoms with Crippen molar-refractivity contribution in [1.29, 1.82) is 0 Å². The van der Waals surface area contributed by atoms with Crippen molar-refractivity contribution in [1.82, 2.24) is 15.1 Å². The fourth-order valence-electron chi connectivity index (χ4n) is 1.50. The van der Waals surface area contributed by atoms with Gasteiger partial charge in [0.05, 0.1) is 5.69 Å². The summed E-state index contributed by atoms with van der Waals surface area (Å²) in [7, 11) is 0. The van der Waals surface area contributed by atoms with Crippen molar-refractivity contribution in [3.63, 3.8) is 0 Å². The van der Waals surface area contributed by atoms with Crippen molar-refractivity contribution in [3.8, 4) is 5.69 Å². The lowest BCUT2D eigenvalue weighted by Gasteiger charge is -2.03. The molecule has 1 aromatic heterocycles. The van der Waals surface area contributed by atoms with Gasteiger partial charge < -0.3 is 5.32 Å². The highest BCUT2D eigenvalue weighted by atomic mass is 79.9. The Hall–Kier alpha value is -1.20. The van der Waals surface area contributed by atoms with Crippen LogP contribution < -0.4 is 5.32 Å². The van der Waals surface area contributed by atoms with Crippen LogP contribution in [0.2, 0.25) is 0 Å². The fourth-order valence-corrected chi connectivity index (χ4v) is 1.85. The van der Waals surface area contributed by atoms with Gasteiger partial charge in [-0.05, 0) is 30.8 Å². The lowest BCUT2D eigenvalue weighted by atomic mass is 10.3.